The highest BCUT2D eigenvalue weighted by Crippen LogP contribution is 2.36. The highest BCUT2D eigenvalue weighted by Gasteiger charge is 2.49. The standard InChI is InChI=1S/C29H27F4N2O3/c30-22-7-4-8-23(15-22)34(16-19-13-24(31)28(33)25(32)14-19)29(37)38-27-18-35(11-9-21(27)10-12-35)17-26(36)20-5-2-1-3-6-20/h1-8,13-15,21,27H,9-12,16-18H2/q+1/t21?,27-,35?/m0/s1. The predicted molar refractivity (Wildman–Crippen MR) is 132 cm³/mol. The smallest absolute Gasteiger partial charge is 0.415 e. The van der Waals surface area contributed by atoms with Crippen molar-refractivity contribution in [3.63, 3.8) is 0 Å². The molecule has 3 fully saturated rings. The van der Waals surface area contributed by atoms with Crippen molar-refractivity contribution in [2.75, 3.05) is 31.1 Å². The van der Waals surface area contributed by atoms with E-state index >= 15 is 0 Å². The number of Topliss-reactive ketones (excluding diaryl/α,β-unsaturated/α-hetero) is 1. The molecule has 3 aromatic carbocycles. The third-order valence-electron chi connectivity index (χ3n) is 7.59. The second-order valence-electron chi connectivity index (χ2n) is 10.1. The van der Waals surface area contributed by atoms with Crippen LogP contribution >= 0.6 is 0 Å². The average molecular weight is 528 g/mol. The Labute approximate surface area is 217 Å². The number of amides is 1. The van der Waals surface area contributed by atoms with E-state index < -0.39 is 35.5 Å². The first-order valence-corrected chi connectivity index (χ1v) is 12.5. The lowest BCUT2D eigenvalue weighted by Crippen LogP contribution is -2.66. The first-order valence-electron chi connectivity index (χ1n) is 12.5. The number of ketones is 1. The molecule has 1 amide bonds. The number of fused-ring (bicyclic) bond motifs is 3. The van der Waals surface area contributed by atoms with Gasteiger partial charge in [0, 0.05) is 24.3 Å². The van der Waals surface area contributed by atoms with Crippen LogP contribution < -0.4 is 4.90 Å². The molecule has 0 saturated carbocycles. The van der Waals surface area contributed by atoms with Gasteiger partial charge in [-0.2, -0.15) is 0 Å². The first kappa shape index (κ1) is 25.9. The van der Waals surface area contributed by atoms with E-state index in [4.69, 9.17) is 4.74 Å². The number of benzene rings is 3. The molecule has 0 spiro atoms. The van der Waals surface area contributed by atoms with Crippen LogP contribution in [0.15, 0.2) is 66.7 Å². The lowest BCUT2D eigenvalue weighted by atomic mass is 9.83. The van der Waals surface area contributed by atoms with Crippen molar-refractivity contribution in [2.45, 2.75) is 25.5 Å². The molecular formula is C29H27F4N2O3+. The molecule has 38 heavy (non-hydrogen) atoms. The van der Waals surface area contributed by atoms with Gasteiger partial charge in [0.2, 0.25) is 5.78 Å². The highest BCUT2D eigenvalue weighted by atomic mass is 19.2. The van der Waals surface area contributed by atoms with Gasteiger partial charge < -0.3 is 9.22 Å². The Morgan fingerprint density at radius 3 is 2.24 bits per heavy atom. The summed E-state index contributed by atoms with van der Waals surface area (Å²) in [5.41, 5.74) is 0.746. The number of nitrogens with zero attached hydrogens (tertiary/aromatic N) is 2. The molecule has 198 valence electrons. The van der Waals surface area contributed by atoms with Crippen LogP contribution in [0.25, 0.3) is 0 Å². The average Bonchev–Trinajstić information content (AvgIpc) is 2.91. The molecule has 0 aliphatic carbocycles. The minimum absolute atomic E-state index is 0.0199. The van der Waals surface area contributed by atoms with E-state index in [0.29, 0.717) is 23.1 Å². The maximum Gasteiger partial charge on any atom is 0.415 e. The van der Waals surface area contributed by atoms with Crippen molar-refractivity contribution in [1.82, 2.24) is 0 Å². The van der Waals surface area contributed by atoms with Crippen LogP contribution in [0.3, 0.4) is 0 Å². The second kappa shape index (κ2) is 10.6. The van der Waals surface area contributed by atoms with Gasteiger partial charge in [-0.1, -0.05) is 36.4 Å². The first-order chi connectivity index (χ1) is 18.2. The van der Waals surface area contributed by atoms with E-state index in [1.807, 2.05) is 18.2 Å². The number of ether oxygens (including phenoxy) is 1. The fourth-order valence-electron chi connectivity index (χ4n) is 5.58. The van der Waals surface area contributed by atoms with Gasteiger partial charge in [0.1, 0.15) is 18.9 Å². The second-order valence-corrected chi connectivity index (χ2v) is 10.1. The normalized spacial score (nSPS) is 22.2. The zero-order valence-corrected chi connectivity index (χ0v) is 20.6. The Kier molecular flexibility index (Phi) is 7.21. The highest BCUT2D eigenvalue weighted by molar-refractivity contribution is 5.97. The summed E-state index contributed by atoms with van der Waals surface area (Å²) < 4.78 is 61.7. The summed E-state index contributed by atoms with van der Waals surface area (Å²) in [6.07, 6.45) is 0.279. The molecule has 3 heterocycles. The summed E-state index contributed by atoms with van der Waals surface area (Å²) in [6, 6.07) is 15.8. The van der Waals surface area contributed by atoms with Crippen molar-refractivity contribution in [1.29, 1.82) is 0 Å². The molecule has 3 aliphatic rings. The molecule has 5 nitrogen and oxygen atoms in total. The number of halogens is 4. The minimum atomic E-state index is -1.61. The third kappa shape index (κ3) is 5.43. The molecule has 0 N–H and O–H groups in total. The molecule has 0 radical (unpaired) electrons. The van der Waals surface area contributed by atoms with Gasteiger partial charge in [-0.3, -0.25) is 9.69 Å². The van der Waals surface area contributed by atoms with Crippen LogP contribution in [0.5, 0.6) is 0 Å². The fraction of sp³-hybridized carbons (Fsp3) is 0.310. The molecule has 1 atom stereocenters. The largest absolute Gasteiger partial charge is 0.440 e. The summed E-state index contributed by atoms with van der Waals surface area (Å²) in [6.45, 7) is 2.01. The van der Waals surface area contributed by atoms with Crippen molar-refractivity contribution < 1.29 is 36.4 Å². The van der Waals surface area contributed by atoms with E-state index in [-0.39, 0.29) is 29.5 Å². The molecule has 6 rings (SSSR count). The summed E-state index contributed by atoms with van der Waals surface area (Å²) in [5, 5.41) is 0. The Morgan fingerprint density at radius 1 is 0.895 bits per heavy atom. The number of rotatable bonds is 7. The molecule has 0 unspecified atom stereocenters. The van der Waals surface area contributed by atoms with E-state index in [1.165, 1.54) is 18.2 Å². The molecule has 3 saturated heterocycles. The Balaban J connectivity index is 1.35. The van der Waals surface area contributed by atoms with Crippen LogP contribution in [0.1, 0.15) is 28.8 Å². The molecule has 3 aliphatic heterocycles. The quantitative estimate of drug-likeness (QED) is 0.167. The number of carbonyl (C=O) groups excluding carboxylic acids is 2. The predicted octanol–water partition coefficient (Wildman–Crippen LogP) is 5.88. The van der Waals surface area contributed by atoms with E-state index in [2.05, 4.69) is 0 Å². The molecule has 3 aromatic rings. The number of piperidine rings is 3. The number of quaternary nitrogens is 1. The van der Waals surface area contributed by atoms with Gasteiger partial charge in [0.25, 0.3) is 0 Å². The Bertz CT molecular complexity index is 1320. The van der Waals surface area contributed by atoms with Crippen molar-refractivity contribution in [3.05, 3.63) is 101 Å². The van der Waals surface area contributed by atoms with Crippen molar-refractivity contribution in [3.8, 4) is 0 Å². The van der Waals surface area contributed by atoms with Crippen LogP contribution in [0.2, 0.25) is 0 Å². The third-order valence-corrected chi connectivity index (χ3v) is 7.59. The zero-order chi connectivity index (χ0) is 26.9. The van der Waals surface area contributed by atoms with Gasteiger partial charge in [-0.05, 0) is 35.9 Å². The maximum atomic E-state index is 14.0. The zero-order valence-electron chi connectivity index (χ0n) is 20.6. The van der Waals surface area contributed by atoms with Crippen LogP contribution in [0, 0.1) is 29.2 Å². The Hall–Kier alpha value is -3.72. The van der Waals surface area contributed by atoms with Crippen LogP contribution in [-0.4, -0.2) is 48.6 Å². The summed E-state index contributed by atoms with van der Waals surface area (Å²) in [4.78, 5) is 27.5. The van der Waals surface area contributed by atoms with E-state index in [0.717, 1.165) is 49.0 Å². The lowest BCUT2D eigenvalue weighted by molar-refractivity contribution is -0.938. The van der Waals surface area contributed by atoms with E-state index in [9.17, 15) is 27.2 Å². The van der Waals surface area contributed by atoms with Gasteiger partial charge in [0.05, 0.1) is 25.3 Å². The van der Waals surface area contributed by atoms with E-state index in [1.54, 1.807) is 12.1 Å². The number of hydrogen-bond acceptors (Lipinski definition) is 3. The SMILES string of the molecule is O=C(C[N+]12CCC(CC1)[C@@H](OC(=O)N(Cc1cc(F)c(F)c(F)c1)c1cccc(F)c1)C2)c1ccccc1. The monoisotopic (exact) mass is 527 g/mol. The number of carbonyl (C=O) groups is 2. The van der Waals surface area contributed by atoms with Gasteiger partial charge >= 0.3 is 6.09 Å². The lowest BCUT2D eigenvalue weighted by Gasteiger charge is -2.51. The molecule has 0 aromatic heterocycles. The number of hydrogen-bond donors (Lipinski definition) is 0. The van der Waals surface area contributed by atoms with Gasteiger partial charge in [0.15, 0.2) is 23.6 Å². The summed E-state index contributed by atoms with van der Waals surface area (Å²) in [5.74, 6) is -4.86. The summed E-state index contributed by atoms with van der Waals surface area (Å²) >= 11 is 0. The topological polar surface area (TPSA) is 46.6 Å². The molecule has 2 bridgehead atoms. The van der Waals surface area contributed by atoms with Crippen LogP contribution in [-0.2, 0) is 11.3 Å². The van der Waals surface area contributed by atoms with Gasteiger partial charge in [-0.15, -0.1) is 0 Å². The fourth-order valence-corrected chi connectivity index (χ4v) is 5.58. The minimum Gasteiger partial charge on any atom is -0.440 e. The summed E-state index contributed by atoms with van der Waals surface area (Å²) in [7, 11) is 0. The molecule has 9 heteroatoms. The van der Waals surface area contributed by atoms with Crippen LogP contribution in [0.4, 0.5) is 28.0 Å². The Morgan fingerprint density at radius 2 is 1.58 bits per heavy atom. The molecular weight excluding hydrogens is 500 g/mol. The van der Waals surface area contributed by atoms with Crippen molar-refractivity contribution in [2.24, 2.45) is 5.92 Å². The van der Waals surface area contributed by atoms with Crippen molar-refractivity contribution >= 4 is 17.6 Å². The maximum absolute atomic E-state index is 14.0. The van der Waals surface area contributed by atoms with Gasteiger partial charge in [-0.25, -0.2) is 22.4 Å². The number of anilines is 1.